The molecule has 0 aromatic carbocycles. The van der Waals surface area contributed by atoms with E-state index in [0.717, 1.165) is 12.7 Å². The highest BCUT2D eigenvalue weighted by Crippen LogP contribution is 2.11. The highest BCUT2D eigenvalue weighted by atomic mass is 16.7. The van der Waals surface area contributed by atoms with Crippen LogP contribution in [0.3, 0.4) is 0 Å². The van der Waals surface area contributed by atoms with Crippen molar-refractivity contribution in [2.75, 3.05) is 13.2 Å². The number of aliphatic hydroxyl groups excluding tert-OH is 1. The topological polar surface area (TPSA) is 38.7 Å². The molecule has 0 rings (SSSR count). The fourth-order valence-corrected chi connectivity index (χ4v) is 1.09. The Balaban J connectivity index is 3.78. The lowest BCUT2D eigenvalue weighted by Crippen LogP contribution is -2.19. The Labute approximate surface area is 80.4 Å². The minimum absolute atomic E-state index is 0.152. The van der Waals surface area contributed by atoms with Crippen LogP contribution in [0.4, 0.5) is 0 Å². The molecule has 0 amide bonds. The molecule has 1 unspecified atom stereocenters. The average molecular weight is 188 g/mol. The predicted molar refractivity (Wildman–Crippen MR) is 52.6 cm³/mol. The van der Waals surface area contributed by atoms with Gasteiger partial charge in [-0.05, 0) is 25.8 Å². The zero-order chi connectivity index (χ0) is 10.1. The summed E-state index contributed by atoms with van der Waals surface area (Å²) in [4.78, 5) is 0. The van der Waals surface area contributed by atoms with Gasteiger partial charge in [0.2, 0.25) is 0 Å². The van der Waals surface area contributed by atoms with Gasteiger partial charge in [-0.25, -0.2) is 0 Å². The van der Waals surface area contributed by atoms with Crippen molar-refractivity contribution in [1.82, 2.24) is 0 Å². The van der Waals surface area contributed by atoms with Crippen LogP contribution in [0.1, 0.15) is 27.2 Å². The molecule has 0 aliphatic carbocycles. The van der Waals surface area contributed by atoms with Gasteiger partial charge in [-0.15, -0.1) is 0 Å². The van der Waals surface area contributed by atoms with Crippen LogP contribution < -0.4 is 0 Å². The van der Waals surface area contributed by atoms with Gasteiger partial charge < -0.3 is 14.6 Å². The molecule has 0 radical (unpaired) electrons. The van der Waals surface area contributed by atoms with E-state index in [0.29, 0.717) is 13.2 Å². The van der Waals surface area contributed by atoms with E-state index in [2.05, 4.69) is 0 Å². The van der Waals surface area contributed by atoms with E-state index in [1.54, 1.807) is 6.08 Å². The molecule has 78 valence electrons. The van der Waals surface area contributed by atoms with E-state index in [4.69, 9.17) is 14.6 Å². The standard InChI is InChI=1S/C10H20O3/c1-4-12-10(13-5-2)8-9(3)6-7-11/h6-7,9-11H,4-5,8H2,1-3H3/b7-6+. The van der Waals surface area contributed by atoms with E-state index in [9.17, 15) is 0 Å². The highest BCUT2D eigenvalue weighted by molar-refractivity contribution is 4.79. The molecular weight excluding hydrogens is 168 g/mol. The first-order chi connectivity index (χ1) is 6.24. The van der Waals surface area contributed by atoms with Gasteiger partial charge in [-0.1, -0.05) is 6.92 Å². The Morgan fingerprint density at radius 2 is 1.77 bits per heavy atom. The zero-order valence-electron chi connectivity index (χ0n) is 8.69. The summed E-state index contributed by atoms with van der Waals surface area (Å²) in [5.74, 6) is 0.271. The molecule has 0 aliphatic heterocycles. The molecule has 0 spiro atoms. The van der Waals surface area contributed by atoms with Crippen molar-refractivity contribution >= 4 is 0 Å². The van der Waals surface area contributed by atoms with Crippen molar-refractivity contribution in [2.45, 2.75) is 33.5 Å². The van der Waals surface area contributed by atoms with Gasteiger partial charge in [-0.3, -0.25) is 0 Å². The van der Waals surface area contributed by atoms with Gasteiger partial charge in [0.15, 0.2) is 6.29 Å². The minimum atomic E-state index is -0.152. The van der Waals surface area contributed by atoms with Crippen LogP contribution in [-0.4, -0.2) is 24.6 Å². The number of rotatable bonds is 7. The molecule has 0 heterocycles. The van der Waals surface area contributed by atoms with Crippen LogP contribution in [0.2, 0.25) is 0 Å². The van der Waals surface area contributed by atoms with Crippen molar-refractivity contribution in [1.29, 1.82) is 0 Å². The Hall–Kier alpha value is -0.540. The van der Waals surface area contributed by atoms with Crippen molar-refractivity contribution in [2.24, 2.45) is 5.92 Å². The summed E-state index contributed by atoms with van der Waals surface area (Å²) in [6.45, 7) is 7.20. The Bertz CT molecular complexity index is 128. The Kier molecular flexibility index (Phi) is 7.74. The van der Waals surface area contributed by atoms with Crippen LogP contribution in [-0.2, 0) is 9.47 Å². The molecular formula is C10H20O3. The van der Waals surface area contributed by atoms with Gasteiger partial charge in [0.25, 0.3) is 0 Å². The van der Waals surface area contributed by atoms with Gasteiger partial charge in [0.05, 0.1) is 6.26 Å². The highest BCUT2D eigenvalue weighted by Gasteiger charge is 2.10. The SMILES string of the molecule is CCOC(CC(C)/C=C/O)OCC. The molecule has 0 aromatic rings. The van der Waals surface area contributed by atoms with E-state index in [1.165, 1.54) is 0 Å². The van der Waals surface area contributed by atoms with Crippen molar-refractivity contribution in [3.63, 3.8) is 0 Å². The van der Waals surface area contributed by atoms with Crippen LogP contribution >= 0.6 is 0 Å². The lowest BCUT2D eigenvalue weighted by Gasteiger charge is -2.18. The van der Waals surface area contributed by atoms with Gasteiger partial charge in [0.1, 0.15) is 0 Å². The molecule has 0 bridgehead atoms. The second-order valence-corrected chi connectivity index (χ2v) is 2.89. The van der Waals surface area contributed by atoms with Crippen molar-refractivity contribution < 1.29 is 14.6 Å². The molecule has 3 heteroatoms. The summed E-state index contributed by atoms with van der Waals surface area (Å²) < 4.78 is 10.7. The predicted octanol–water partition coefficient (Wildman–Crippen LogP) is 2.48. The number of allylic oxidation sites excluding steroid dienone is 1. The van der Waals surface area contributed by atoms with Crippen molar-refractivity contribution in [3.8, 4) is 0 Å². The molecule has 3 nitrogen and oxygen atoms in total. The summed E-state index contributed by atoms with van der Waals surface area (Å²) in [5, 5.41) is 8.55. The molecule has 13 heavy (non-hydrogen) atoms. The number of aliphatic hydroxyl groups is 1. The van der Waals surface area contributed by atoms with E-state index in [1.807, 2.05) is 20.8 Å². The first kappa shape index (κ1) is 12.5. The first-order valence-electron chi connectivity index (χ1n) is 4.78. The molecule has 0 aliphatic rings. The summed E-state index contributed by atoms with van der Waals surface area (Å²) >= 11 is 0. The van der Waals surface area contributed by atoms with Gasteiger partial charge in [-0.2, -0.15) is 0 Å². The second kappa shape index (κ2) is 8.08. The average Bonchev–Trinajstić information content (AvgIpc) is 2.05. The van der Waals surface area contributed by atoms with E-state index >= 15 is 0 Å². The molecule has 0 fully saturated rings. The summed E-state index contributed by atoms with van der Waals surface area (Å²) in [6.07, 6.45) is 3.42. The third kappa shape index (κ3) is 6.61. The molecule has 1 atom stereocenters. The Morgan fingerprint density at radius 1 is 1.23 bits per heavy atom. The van der Waals surface area contributed by atoms with Crippen LogP contribution in [0.5, 0.6) is 0 Å². The van der Waals surface area contributed by atoms with Crippen LogP contribution in [0.25, 0.3) is 0 Å². The summed E-state index contributed by atoms with van der Waals surface area (Å²) in [6, 6.07) is 0. The molecule has 0 saturated carbocycles. The monoisotopic (exact) mass is 188 g/mol. The number of hydrogen-bond donors (Lipinski definition) is 1. The second-order valence-electron chi connectivity index (χ2n) is 2.89. The van der Waals surface area contributed by atoms with Crippen LogP contribution in [0, 0.1) is 5.92 Å². The van der Waals surface area contributed by atoms with Crippen LogP contribution in [0.15, 0.2) is 12.3 Å². The zero-order valence-corrected chi connectivity index (χ0v) is 8.69. The summed E-state index contributed by atoms with van der Waals surface area (Å²) in [5.41, 5.74) is 0. The Morgan fingerprint density at radius 3 is 2.15 bits per heavy atom. The third-order valence-corrected chi connectivity index (χ3v) is 1.68. The maximum Gasteiger partial charge on any atom is 0.158 e. The minimum Gasteiger partial charge on any atom is -0.516 e. The number of ether oxygens (including phenoxy) is 2. The third-order valence-electron chi connectivity index (χ3n) is 1.68. The number of hydrogen-bond acceptors (Lipinski definition) is 3. The quantitative estimate of drug-likeness (QED) is 0.492. The maximum absolute atomic E-state index is 8.55. The van der Waals surface area contributed by atoms with E-state index in [-0.39, 0.29) is 12.2 Å². The normalized spacial score (nSPS) is 14.2. The smallest absolute Gasteiger partial charge is 0.158 e. The fraction of sp³-hybridized carbons (Fsp3) is 0.800. The summed E-state index contributed by atoms with van der Waals surface area (Å²) in [7, 11) is 0. The maximum atomic E-state index is 8.55. The van der Waals surface area contributed by atoms with E-state index < -0.39 is 0 Å². The molecule has 1 N–H and O–H groups in total. The lowest BCUT2D eigenvalue weighted by molar-refractivity contribution is -0.143. The molecule has 0 saturated heterocycles. The fourth-order valence-electron chi connectivity index (χ4n) is 1.09. The molecule has 0 aromatic heterocycles. The first-order valence-corrected chi connectivity index (χ1v) is 4.78. The van der Waals surface area contributed by atoms with Crippen molar-refractivity contribution in [3.05, 3.63) is 12.3 Å². The largest absolute Gasteiger partial charge is 0.516 e. The van der Waals surface area contributed by atoms with Gasteiger partial charge >= 0.3 is 0 Å². The van der Waals surface area contributed by atoms with Gasteiger partial charge in [0, 0.05) is 19.6 Å². The lowest BCUT2D eigenvalue weighted by atomic mass is 10.1.